The molecule has 7 rings (SSSR count). The molecule has 0 spiro atoms. The largest absolute Gasteiger partial charge is 0.465 e. The smallest absolute Gasteiger partial charge is 0.310 e. The van der Waals surface area contributed by atoms with E-state index in [4.69, 9.17) is 23.7 Å². The Hall–Kier alpha value is -3.87. The Morgan fingerprint density at radius 1 is 0.765 bits per heavy atom. The summed E-state index contributed by atoms with van der Waals surface area (Å²) in [4.78, 5) is 13.2. The van der Waals surface area contributed by atoms with Crippen LogP contribution in [0.3, 0.4) is 0 Å². The highest BCUT2D eigenvalue weighted by molar-refractivity contribution is 5.79. The van der Waals surface area contributed by atoms with Crippen LogP contribution in [0.5, 0.6) is 23.0 Å². The maximum Gasteiger partial charge on any atom is 0.310 e. The SMILES string of the molecule is Cc1ccc(N[C@@H]2c3cc4c(cc3[C@H](c3ccc5c(c3)OCO5)[C@H]3C(=O)OC[C@@H]32)OCO4)cc1. The van der Waals surface area contributed by atoms with Gasteiger partial charge in [0.25, 0.3) is 0 Å². The molecule has 34 heavy (non-hydrogen) atoms. The highest BCUT2D eigenvalue weighted by Crippen LogP contribution is 2.55. The summed E-state index contributed by atoms with van der Waals surface area (Å²) < 4.78 is 28.3. The van der Waals surface area contributed by atoms with Crippen molar-refractivity contribution in [2.45, 2.75) is 18.9 Å². The van der Waals surface area contributed by atoms with Gasteiger partial charge in [0.2, 0.25) is 13.6 Å². The number of fused-ring (bicyclic) bond motifs is 4. The number of hydrogen-bond acceptors (Lipinski definition) is 7. The van der Waals surface area contributed by atoms with Crippen molar-refractivity contribution in [2.24, 2.45) is 11.8 Å². The molecule has 3 aliphatic heterocycles. The molecule has 3 aromatic rings. The number of carbonyl (C=O) groups excluding carboxylic acids is 1. The number of esters is 1. The second-order valence-electron chi connectivity index (χ2n) is 9.23. The molecule has 1 N–H and O–H groups in total. The number of hydrogen-bond donors (Lipinski definition) is 1. The monoisotopic (exact) mass is 457 g/mol. The topological polar surface area (TPSA) is 75.3 Å². The summed E-state index contributed by atoms with van der Waals surface area (Å²) in [5.74, 6) is 2.08. The quantitative estimate of drug-likeness (QED) is 0.579. The third-order valence-electron chi connectivity index (χ3n) is 7.32. The van der Waals surface area contributed by atoms with Crippen LogP contribution in [-0.4, -0.2) is 26.2 Å². The Morgan fingerprint density at radius 2 is 1.44 bits per heavy atom. The van der Waals surface area contributed by atoms with Crippen molar-refractivity contribution < 1.29 is 28.5 Å². The summed E-state index contributed by atoms with van der Waals surface area (Å²) in [5.41, 5.74) is 5.31. The first-order valence-electron chi connectivity index (χ1n) is 11.5. The minimum absolute atomic E-state index is 0.0444. The number of aryl methyl sites for hydroxylation is 1. The van der Waals surface area contributed by atoms with Crippen LogP contribution in [0, 0.1) is 18.8 Å². The summed E-state index contributed by atoms with van der Waals surface area (Å²) in [6, 6.07) is 18.2. The molecule has 4 aliphatic rings. The molecule has 1 saturated heterocycles. The first-order chi connectivity index (χ1) is 16.7. The zero-order chi connectivity index (χ0) is 22.8. The molecule has 0 amide bonds. The number of cyclic esters (lactones) is 1. The van der Waals surface area contributed by atoms with Gasteiger partial charge in [0.15, 0.2) is 23.0 Å². The van der Waals surface area contributed by atoms with E-state index in [0.29, 0.717) is 18.1 Å². The van der Waals surface area contributed by atoms with Gasteiger partial charge in [0.05, 0.1) is 18.6 Å². The molecule has 7 heteroatoms. The third kappa shape index (κ3) is 2.93. The van der Waals surface area contributed by atoms with E-state index < -0.39 is 0 Å². The van der Waals surface area contributed by atoms with Gasteiger partial charge in [-0.25, -0.2) is 0 Å². The lowest BCUT2D eigenvalue weighted by atomic mass is 9.65. The fourth-order valence-electron chi connectivity index (χ4n) is 5.68. The van der Waals surface area contributed by atoms with E-state index >= 15 is 0 Å². The molecule has 0 radical (unpaired) electrons. The minimum atomic E-state index is -0.337. The Kier molecular flexibility index (Phi) is 4.21. The number of benzene rings is 3. The molecule has 4 atom stereocenters. The van der Waals surface area contributed by atoms with E-state index in [1.165, 1.54) is 5.56 Å². The molecule has 1 fully saturated rings. The molecule has 0 unspecified atom stereocenters. The van der Waals surface area contributed by atoms with Gasteiger partial charge >= 0.3 is 5.97 Å². The van der Waals surface area contributed by atoms with Crippen molar-refractivity contribution >= 4 is 11.7 Å². The Morgan fingerprint density at radius 3 is 2.21 bits per heavy atom. The van der Waals surface area contributed by atoms with Gasteiger partial charge in [-0.3, -0.25) is 4.79 Å². The third-order valence-corrected chi connectivity index (χ3v) is 7.32. The predicted molar refractivity (Wildman–Crippen MR) is 122 cm³/mol. The second-order valence-corrected chi connectivity index (χ2v) is 9.23. The van der Waals surface area contributed by atoms with Gasteiger partial charge in [-0.1, -0.05) is 23.8 Å². The first kappa shape index (κ1) is 19.6. The van der Waals surface area contributed by atoms with Gasteiger partial charge in [-0.15, -0.1) is 0 Å². The zero-order valence-electron chi connectivity index (χ0n) is 18.6. The first-order valence-corrected chi connectivity index (χ1v) is 11.5. The molecule has 1 aliphatic carbocycles. The number of ether oxygens (including phenoxy) is 5. The lowest BCUT2D eigenvalue weighted by Gasteiger charge is -2.40. The van der Waals surface area contributed by atoms with Crippen molar-refractivity contribution in [1.29, 1.82) is 0 Å². The predicted octanol–water partition coefficient (Wildman–Crippen LogP) is 4.54. The molecular formula is C27H23NO6. The van der Waals surface area contributed by atoms with Crippen LogP contribution >= 0.6 is 0 Å². The summed E-state index contributed by atoms with van der Waals surface area (Å²) in [5, 5.41) is 3.69. The van der Waals surface area contributed by atoms with E-state index in [0.717, 1.165) is 33.9 Å². The van der Waals surface area contributed by atoms with Gasteiger partial charge < -0.3 is 29.0 Å². The van der Waals surface area contributed by atoms with Crippen LogP contribution in [0.2, 0.25) is 0 Å². The van der Waals surface area contributed by atoms with Gasteiger partial charge in [-0.2, -0.15) is 0 Å². The van der Waals surface area contributed by atoms with Crippen LogP contribution in [-0.2, 0) is 9.53 Å². The zero-order valence-corrected chi connectivity index (χ0v) is 18.6. The number of carbonyl (C=O) groups is 1. The molecule has 3 aromatic carbocycles. The van der Waals surface area contributed by atoms with Crippen LogP contribution in [0.4, 0.5) is 5.69 Å². The van der Waals surface area contributed by atoms with Crippen molar-refractivity contribution in [1.82, 2.24) is 0 Å². The molecule has 0 saturated carbocycles. The van der Waals surface area contributed by atoms with Crippen LogP contribution in [0.1, 0.15) is 34.2 Å². The van der Waals surface area contributed by atoms with Crippen LogP contribution in [0.15, 0.2) is 54.6 Å². The highest BCUT2D eigenvalue weighted by atomic mass is 16.7. The summed E-state index contributed by atoms with van der Waals surface area (Å²) in [6.45, 7) is 2.82. The van der Waals surface area contributed by atoms with E-state index in [1.807, 2.05) is 24.3 Å². The molecule has 172 valence electrons. The number of anilines is 1. The maximum absolute atomic E-state index is 13.2. The van der Waals surface area contributed by atoms with E-state index in [1.54, 1.807) is 0 Å². The Bertz CT molecular complexity index is 1300. The fraction of sp³-hybridized carbons (Fsp3) is 0.296. The number of nitrogens with one attached hydrogen (secondary N) is 1. The average Bonchev–Trinajstić information content (AvgIpc) is 3.59. The number of rotatable bonds is 3. The second kappa shape index (κ2) is 7.32. The molecule has 0 aromatic heterocycles. The fourth-order valence-corrected chi connectivity index (χ4v) is 5.68. The average molecular weight is 457 g/mol. The van der Waals surface area contributed by atoms with Gasteiger partial charge in [-0.05, 0) is 60.0 Å². The Labute approximate surface area is 196 Å². The molecule has 7 nitrogen and oxygen atoms in total. The van der Waals surface area contributed by atoms with Crippen LogP contribution < -0.4 is 24.3 Å². The Balaban J connectivity index is 1.40. The minimum Gasteiger partial charge on any atom is -0.465 e. The summed E-state index contributed by atoms with van der Waals surface area (Å²) in [6.07, 6.45) is 0. The van der Waals surface area contributed by atoms with Crippen molar-refractivity contribution in [3.05, 3.63) is 76.9 Å². The van der Waals surface area contributed by atoms with Crippen molar-refractivity contribution in [2.75, 3.05) is 25.5 Å². The summed E-state index contributed by atoms with van der Waals surface area (Å²) in [7, 11) is 0. The lowest BCUT2D eigenvalue weighted by Crippen LogP contribution is -2.37. The van der Waals surface area contributed by atoms with Crippen molar-refractivity contribution in [3.63, 3.8) is 0 Å². The van der Waals surface area contributed by atoms with Crippen molar-refractivity contribution in [3.8, 4) is 23.0 Å². The van der Waals surface area contributed by atoms with Gasteiger partial charge in [0.1, 0.15) is 0 Å². The molecule has 3 heterocycles. The van der Waals surface area contributed by atoms with E-state index in [9.17, 15) is 4.79 Å². The molecular weight excluding hydrogens is 434 g/mol. The standard InChI is InChI=1S/C27H23NO6/c1-14-2-5-16(6-3-14)28-26-18-10-23-22(33-13-34-23)9-17(18)24(25-19(26)11-30-27(25)29)15-4-7-20-21(8-15)32-12-31-20/h2-10,19,24-26,28H,11-13H2,1H3/t19-,24-,25-,26+/m0/s1. The normalized spacial score (nSPS) is 25.5. The highest BCUT2D eigenvalue weighted by Gasteiger charge is 2.52. The van der Waals surface area contributed by atoms with Crippen LogP contribution in [0.25, 0.3) is 0 Å². The lowest BCUT2D eigenvalue weighted by molar-refractivity contribution is -0.141. The van der Waals surface area contributed by atoms with E-state index in [-0.39, 0.29) is 43.4 Å². The van der Waals surface area contributed by atoms with Gasteiger partial charge in [0, 0.05) is 17.5 Å². The van der Waals surface area contributed by atoms with E-state index in [2.05, 4.69) is 42.6 Å². The summed E-state index contributed by atoms with van der Waals surface area (Å²) >= 11 is 0. The maximum atomic E-state index is 13.2. The molecule has 0 bridgehead atoms.